The summed E-state index contributed by atoms with van der Waals surface area (Å²) in [6.45, 7) is 3.51. The highest BCUT2D eigenvalue weighted by Gasteiger charge is 2.21. The summed E-state index contributed by atoms with van der Waals surface area (Å²) in [5, 5.41) is 1.07. The molecule has 0 N–H and O–H groups in total. The van der Waals surface area contributed by atoms with Gasteiger partial charge in [0.1, 0.15) is 0 Å². The van der Waals surface area contributed by atoms with Gasteiger partial charge in [0, 0.05) is 18.4 Å². The summed E-state index contributed by atoms with van der Waals surface area (Å²) < 4.78 is 0. The van der Waals surface area contributed by atoms with Crippen LogP contribution in [0.15, 0.2) is 30.3 Å². The topological polar surface area (TPSA) is 3.24 Å². The molecule has 0 unspecified atom stereocenters. The molecule has 0 bridgehead atoms. The number of alkyl halides is 1. The van der Waals surface area contributed by atoms with Gasteiger partial charge in [0.05, 0.1) is 0 Å². The fourth-order valence-corrected chi connectivity index (χ4v) is 2.50. The van der Waals surface area contributed by atoms with Crippen LogP contribution in [-0.2, 0) is 6.54 Å². The van der Waals surface area contributed by atoms with E-state index in [4.69, 9.17) is 0 Å². The molecular formula is C14H20BrN. The van der Waals surface area contributed by atoms with Crippen molar-refractivity contribution in [3.63, 3.8) is 0 Å². The van der Waals surface area contributed by atoms with Crippen molar-refractivity contribution in [1.82, 2.24) is 4.90 Å². The molecule has 0 atom stereocenters. The van der Waals surface area contributed by atoms with E-state index in [1.54, 1.807) is 0 Å². The van der Waals surface area contributed by atoms with Crippen LogP contribution in [0.1, 0.15) is 24.8 Å². The van der Waals surface area contributed by atoms with E-state index in [2.05, 4.69) is 51.2 Å². The Labute approximate surface area is 107 Å². The quantitative estimate of drug-likeness (QED) is 0.689. The van der Waals surface area contributed by atoms with E-state index in [9.17, 15) is 0 Å². The first kappa shape index (κ1) is 12.1. The Bertz CT molecular complexity index is 295. The molecule has 16 heavy (non-hydrogen) atoms. The summed E-state index contributed by atoms with van der Waals surface area (Å²) in [6.07, 6.45) is 4.32. The van der Waals surface area contributed by atoms with Gasteiger partial charge in [-0.15, -0.1) is 0 Å². The second-order valence-electron chi connectivity index (χ2n) is 4.68. The molecule has 0 aromatic heterocycles. The summed E-state index contributed by atoms with van der Waals surface area (Å²) in [6, 6.07) is 10.8. The van der Waals surface area contributed by atoms with Gasteiger partial charge < -0.3 is 0 Å². The first-order valence-corrected chi connectivity index (χ1v) is 7.33. The maximum absolute atomic E-state index is 3.54. The molecule has 1 aliphatic carbocycles. The van der Waals surface area contributed by atoms with E-state index in [1.807, 2.05) is 0 Å². The first-order valence-electron chi connectivity index (χ1n) is 6.20. The Balaban J connectivity index is 1.80. The largest absolute Gasteiger partial charge is 0.298 e. The lowest BCUT2D eigenvalue weighted by molar-refractivity contribution is 0.274. The standard InChI is InChI=1S/C14H20BrN/c15-9-11-16(10-8-13-6-7-13)12-14-4-2-1-3-5-14/h1-5,13H,6-12H2. The third-order valence-electron chi connectivity index (χ3n) is 3.20. The minimum atomic E-state index is 1.04. The van der Waals surface area contributed by atoms with Crippen molar-refractivity contribution < 1.29 is 0 Å². The second kappa shape index (κ2) is 6.41. The van der Waals surface area contributed by atoms with E-state index < -0.39 is 0 Å². The fourth-order valence-electron chi connectivity index (χ4n) is 2.00. The van der Waals surface area contributed by atoms with Crippen LogP contribution in [0.2, 0.25) is 0 Å². The van der Waals surface area contributed by atoms with E-state index in [0.29, 0.717) is 0 Å². The van der Waals surface area contributed by atoms with Gasteiger partial charge in [0.2, 0.25) is 0 Å². The number of rotatable bonds is 7. The summed E-state index contributed by atoms with van der Waals surface area (Å²) in [7, 11) is 0. The van der Waals surface area contributed by atoms with E-state index in [0.717, 1.165) is 24.3 Å². The Morgan fingerprint density at radius 1 is 1.12 bits per heavy atom. The Hall–Kier alpha value is -0.340. The molecule has 0 amide bonds. The molecule has 2 rings (SSSR count). The van der Waals surface area contributed by atoms with Crippen molar-refractivity contribution in [2.24, 2.45) is 5.92 Å². The van der Waals surface area contributed by atoms with Crippen LogP contribution >= 0.6 is 15.9 Å². The average molecular weight is 282 g/mol. The SMILES string of the molecule is BrCCN(CCC1CC1)Cc1ccccc1. The molecule has 1 fully saturated rings. The van der Waals surface area contributed by atoms with Gasteiger partial charge >= 0.3 is 0 Å². The maximum atomic E-state index is 3.54. The lowest BCUT2D eigenvalue weighted by Crippen LogP contribution is -2.26. The first-order chi connectivity index (χ1) is 7.88. The molecule has 1 aromatic carbocycles. The zero-order chi connectivity index (χ0) is 11.2. The lowest BCUT2D eigenvalue weighted by atomic mass is 10.2. The van der Waals surface area contributed by atoms with Gasteiger partial charge in [-0.25, -0.2) is 0 Å². The van der Waals surface area contributed by atoms with Crippen LogP contribution in [0.25, 0.3) is 0 Å². The van der Waals surface area contributed by atoms with Crippen molar-refractivity contribution in [3.05, 3.63) is 35.9 Å². The predicted molar refractivity (Wildman–Crippen MR) is 72.9 cm³/mol. The van der Waals surface area contributed by atoms with E-state index in [-0.39, 0.29) is 0 Å². The zero-order valence-corrected chi connectivity index (χ0v) is 11.3. The highest BCUT2D eigenvalue weighted by atomic mass is 79.9. The number of hydrogen-bond acceptors (Lipinski definition) is 1. The lowest BCUT2D eigenvalue weighted by Gasteiger charge is -2.21. The Morgan fingerprint density at radius 2 is 1.88 bits per heavy atom. The van der Waals surface area contributed by atoms with Crippen LogP contribution in [0.4, 0.5) is 0 Å². The highest BCUT2D eigenvalue weighted by molar-refractivity contribution is 9.09. The molecule has 0 spiro atoms. The van der Waals surface area contributed by atoms with Crippen LogP contribution in [0, 0.1) is 5.92 Å². The summed E-state index contributed by atoms with van der Waals surface area (Å²) in [4.78, 5) is 2.56. The van der Waals surface area contributed by atoms with Crippen LogP contribution in [0.5, 0.6) is 0 Å². The van der Waals surface area contributed by atoms with Crippen LogP contribution < -0.4 is 0 Å². The van der Waals surface area contributed by atoms with Crippen molar-refractivity contribution in [1.29, 1.82) is 0 Å². The minimum absolute atomic E-state index is 1.04. The van der Waals surface area contributed by atoms with Crippen molar-refractivity contribution >= 4 is 15.9 Å². The highest BCUT2D eigenvalue weighted by Crippen LogP contribution is 2.32. The monoisotopic (exact) mass is 281 g/mol. The summed E-state index contributed by atoms with van der Waals surface area (Å²) in [5.41, 5.74) is 1.43. The molecule has 1 aliphatic rings. The number of halogens is 1. The molecule has 0 heterocycles. The van der Waals surface area contributed by atoms with Gasteiger partial charge in [-0.2, -0.15) is 0 Å². The smallest absolute Gasteiger partial charge is 0.0234 e. The molecule has 0 radical (unpaired) electrons. The predicted octanol–water partition coefficient (Wildman–Crippen LogP) is 3.68. The third-order valence-corrected chi connectivity index (χ3v) is 3.55. The molecule has 1 nitrogen and oxygen atoms in total. The van der Waals surface area contributed by atoms with Crippen LogP contribution in [-0.4, -0.2) is 23.3 Å². The number of benzene rings is 1. The minimum Gasteiger partial charge on any atom is -0.298 e. The summed E-state index contributed by atoms with van der Waals surface area (Å²) >= 11 is 3.54. The van der Waals surface area contributed by atoms with Gasteiger partial charge in [-0.1, -0.05) is 59.1 Å². The van der Waals surface area contributed by atoms with Crippen molar-refractivity contribution in [2.45, 2.75) is 25.8 Å². The molecule has 2 heteroatoms. The molecule has 1 saturated carbocycles. The normalized spacial score (nSPS) is 15.6. The van der Waals surface area contributed by atoms with Crippen molar-refractivity contribution in [3.8, 4) is 0 Å². The third kappa shape index (κ3) is 4.26. The molecule has 88 valence electrons. The van der Waals surface area contributed by atoms with Gasteiger partial charge in [-0.3, -0.25) is 4.90 Å². The maximum Gasteiger partial charge on any atom is 0.0234 e. The van der Waals surface area contributed by atoms with Crippen LogP contribution in [0.3, 0.4) is 0 Å². The van der Waals surface area contributed by atoms with Gasteiger partial charge in [0.25, 0.3) is 0 Å². The van der Waals surface area contributed by atoms with Gasteiger partial charge in [-0.05, 0) is 24.4 Å². The van der Waals surface area contributed by atoms with E-state index >= 15 is 0 Å². The Morgan fingerprint density at radius 3 is 2.50 bits per heavy atom. The zero-order valence-electron chi connectivity index (χ0n) is 9.74. The fraction of sp³-hybridized carbons (Fsp3) is 0.571. The van der Waals surface area contributed by atoms with Gasteiger partial charge in [0.15, 0.2) is 0 Å². The number of hydrogen-bond donors (Lipinski definition) is 0. The van der Waals surface area contributed by atoms with E-state index in [1.165, 1.54) is 31.4 Å². The van der Waals surface area contributed by atoms with Crippen molar-refractivity contribution in [2.75, 3.05) is 18.4 Å². The molecule has 1 aromatic rings. The average Bonchev–Trinajstić information content (AvgIpc) is 3.11. The summed E-state index contributed by atoms with van der Waals surface area (Å²) in [5.74, 6) is 1.04. The molecule has 0 aliphatic heterocycles. The second-order valence-corrected chi connectivity index (χ2v) is 5.48. The number of nitrogens with zero attached hydrogens (tertiary/aromatic N) is 1. The molecular weight excluding hydrogens is 262 g/mol. The Kier molecular flexibility index (Phi) is 4.86. The molecule has 0 saturated heterocycles.